The zero-order valence-electron chi connectivity index (χ0n) is 15.8. The second kappa shape index (κ2) is 7.75. The summed E-state index contributed by atoms with van der Waals surface area (Å²) in [6.45, 7) is 5.02. The molecule has 0 aliphatic carbocycles. The summed E-state index contributed by atoms with van der Waals surface area (Å²) in [6, 6.07) is 13.5. The molecular formula is C21H20BrFN2O3. The monoisotopic (exact) mass is 446 g/mol. The molecule has 0 saturated carbocycles. The minimum Gasteiger partial charge on any atom is -0.444 e. The Bertz CT molecular complexity index is 1040. The molecule has 1 aromatic heterocycles. The van der Waals surface area contributed by atoms with Gasteiger partial charge in [-0.3, -0.25) is 9.36 Å². The molecule has 1 heterocycles. The summed E-state index contributed by atoms with van der Waals surface area (Å²) >= 11 is 3.51. The van der Waals surface area contributed by atoms with Gasteiger partial charge in [-0.15, -0.1) is 0 Å². The number of alkyl carbamates (subject to hydrolysis) is 1. The second-order valence-corrected chi connectivity index (χ2v) is 8.03. The van der Waals surface area contributed by atoms with Crippen molar-refractivity contribution >= 4 is 38.8 Å². The fourth-order valence-corrected chi connectivity index (χ4v) is 3.72. The number of aromatic nitrogens is 1. The molecule has 0 saturated heterocycles. The van der Waals surface area contributed by atoms with E-state index in [9.17, 15) is 14.0 Å². The number of nitrogens with one attached hydrogen (secondary N) is 1. The van der Waals surface area contributed by atoms with Gasteiger partial charge in [-0.05, 0) is 60.5 Å². The third-order valence-electron chi connectivity index (χ3n) is 3.98. The minimum atomic E-state index is -0.660. The molecule has 0 radical (unpaired) electrons. The number of carbonyl (C=O) groups excluding carboxylic acids is 2. The molecule has 28 heavy (non-hydrogen) atoms. The Morgan fingerprint density at radius 2 is 1.75 bits per heavy atom. The van der Waals surface area contributed by atoms with Gasteiger partial charge in [-0.25, -0.2) is 9.18 Å². The van der Waals surface area contributed by atoms with Crippen LogP contribution in [0.2, 0.25) is 0 Å². The topological polar surface area (TPSA) is 60.3 Å². The first-order chi connectivity index (χ1) is 13.2. The molecule has 0 unspecified atom stereocenters. The van der Waals surface area contributed by atoms with Gasteiger partial charge >= 0.3 is 6.09 Å². The van der Waals surface area contributed by atoms with Crippen LogP contribution in [0.25, 0.3) is 22.0 Å². The fraction of sp³-hybridized carbons (Fsp3) is 0.238. The SMILES string of the molecule is CC(C)(C)OC(=O)NCC(=O)n1c(Br)c(-c2ccc(F)cc2)c2ccccc21. The van der Waals surface area contributed by atoms with E-state index >= 15 is 0 Å². The molecular weight excluding hydrogens is 427 g/mol. The number of fused-ring (bicyclic) bond motifs is 1. The lowest BCUT2D eigenvalue weighted by atomic mass is 10.1. The lowest BCUT2D eigenvalue weighted by Gasteiger charge is -2.19. The smallest absolute Gasteiger partial charge is 0.408 e. The molecule has 1 amide bonds. The number of hydrogen-bond acceptors (Lipinski definition) is 3. The highest BCUT2D eigenvalue weighted by Gasteiger charge is 2.22. The van der Waals surface area contributed by atoms with Crippen LogP contribution in [-0.2, 0) is 4.74 Å². The molecule has 146 valence electrons. The summed E-state index contributed by atoms with van der Waals surface area (Å²) in [7, 11) is 0. The quantitative estimate of drug-likeness (QED) is 0.587. The van der Waals surface area contributed by atoms with E-state index in [2.05, 4.69) is 21.2 Å². The number of nitrogens with zero attached hydrogens (tertiary/aromatic N) is 1. The Hall–Kier alpha value is -2.67. The highest BCUT2D eigenvalue weighted by molar-refractivity contribution is 9.10. The summed E-state index contributed by atoms with van der Waals surface area (Å²) in [4.78, 5) is 24.7. The molecule has 5 nitrogen and oxygen atoms in total. The maximum Gasteiger partial charge on any atom is 0.408 e. The highest BCUT2D eigenvalue weighted by atomic mass is 79.9. The predicted octanol–water partition coefficient (Wildman–Crippen LogP) is 5.37. The van der Waals surface area contributed by atoms with Crippen LogP contribution in [0.4, 0.5) is 9.18 Å². The number of ether oxygens (including phenoxy) is 1. The van der Waals surface area contributed by atoms with Crippen molar-refractivity contribution in [3.8, 4) is 11.1 Å². The van der Waals surface area contributed by atoms with E-state index in [1.165, 1.54) is 16.7 Å². The summed E-state index contributed by atoms with van der Waals surface area (Å²) < 4.78 is 20.5. The van der Waals surface area contributed by atoms with Crippen molar-refractivity contribution in [3.63, 3.8) is 0 Å². The summed E-state index contributed by atoms with van der Waals surface area (Å²) in [5.41, 5.74) is 1.59. The molecule has 2 aromatic carbocycles. The van der Waals surface area contributed by atoms with Crippen LogP contribution in [0.1, 0.15) is 25.6 Å². The van der Waals surface area contributed by atoms with E-state index in [1.807, 2.05) is 24.3 Å². The van der Waals surface area contributed by atoms with Gasteiger partial charge in [0.2, 0.25) is 0 Å². The second-order valence-electron chi connectivity index (χ2n) is 7.27. The predicted molar refractivity (Wildman–Crippen MR) is 110 cm³/mol. The van der Waals surface area contributed by atoms with Crippen LogP contribution in [0.15, 0.2) is 53.1 Å². The summed E-state index contributed by atoms with van der Waals surface area (Å²) in [6.07, 6.45) is -0.660. The molecule has 0 bridgehead atoms. The van der Waals surface area contributed by atoms with Crippen LogP contribution >= 0.6 is 15.9 Å². The minimum absolute atomic E-state index is 0.227. The molecule has 0 fully saturated rings. The maximum absolute atomic E-state index is 13.3. The summed E-state index contributed by atoms with van der Waals surface area (Å²) in [5.74, 6) is -0.663. The van der Waals surface area contributed by atoms with Gasteiger partial charge in [0.15, 0.2) is 0 Å². The van der Waals surface area contributed by atoms with E-state index in [0.717, 1.165) is 16.5 Å². The van der Waals surface area contributed by atoms with E-state index in [1.54, 1.807) is 32.9 Å². The Balaban J connectivity index is 1.96. The van der Waals surface area contributed by atoms with Gasteiger partial charge < -0.3 is 10.1 Å². The normalized spacial score (nSPS) is 11.5. The average molecular weight is 447 g/mol. The first kappa shape index (κ1) is 20.1. The number of amides is 1. The number of rotatable bonds is 3. The fourth-order valence-electron chi connectivity index (χ4n) is 2.88. The van der Waals surface area contributed by atoms with Crippen LogP contribution in [-0.4, -0.2) is 28.7 Å². The van der Waals surface area contributed by atoms with Gasteiger partial charge in [0.25, 0.3) is 5.91 Å². The molecule has 0 atom stereocenters. The number of hydrogen-bond donors (Lipinski definition) is 1. The zero-order chi connectivity index (χ0) is 20.5. The van der Waals surface area contributed by atoms with E-state index < -0.39 is 11.7 Å². The first-order valence-electron chi connectivity index (χ1n) is 8.72. The Morgan fingerprint density at radius 1 is 1.11 bits per heavy atom. The third kappa shape index (κ3) is 4.25. The van der Waals surface area contributed by atoms with Gasteiger partial charge in [-0.1, -0.05) is 30.3 Å². The van der Waals surface area contributed by atoms with Crippen molar-refractivity contribution in [2.45, 2.75) is 26.4 Å². The van der Waals surface area contributed by atoms with E-state index in [-0.39, 0.29) is 18.3 Å². The molecule has 3 rings (SSSR count). The van der Waals surface area contributed by atoms with Crippen molar-refractivity contribution < 1.29 is 18.7 Å². The first-order valence-corrected chi connectivity index (χ1v) is 9.51. The van der Waals surface area contributed by atoms with E-state index in [4.69, 9.17) is 4.74 Å². The van der Waals surface area contributed by atoms with Crippen molar-refractivity contribution in [1.82, 2.24) is 9.88 Å². The third-order valence-corrected chi connectivity index (χ3v) is 4.73. The van der Waals surface area contributed by atoms with Crippen LogP contribution in [0.5, 0.6) is 0 Å². The van der Waals surface area contributed by atoms with Gasteiger partial charge in [0.1, 0.15) is 22.6 Å². The summed E-state index contributed by atoms with van der Waals surface area (Å²) in [5, 5.41) is 3.32. The number of carbonyl (C=O) groups is 2. The highest BCUT2D eigenvalue weighted by Crippen LogP contribution is 2.38. The Morgan fingerprint density at radius 3 is 2.39 bits per heavy atom. The van der Waals surface area contributed by atoms with Crippen molar-refractivity contribution in [2.24, 2.45) is 0 Å². The molecule has 1 N–H and O–H groups in total. The maximum atomic E-state index is 13.3. The van der Waals surface area contributed by atoms with Crippen molar-refractivity contribution in [2.75, 3.05) is 6.54 Å². The standard InChI is InChI=1S/C21H20BrFN2O3/c1-21(2,3)28-20(27)24-12-17(26)25-16-7-5-4-6-15(16)18(19(25)22)13-8-10-14(23)11-9-13/h4-11H,12H2,1-3H3,(H,24,27). The van der Waals surface area contributed by atoms with Crippen molar-refractivity contribution in [1.29, 1.82) is 0 Å². The largest absolute Gasteiger partial charge is 0.444 e. The van der Waals surface area contributed by atoms with Crippen LogP contribution in [0.3, 0.4) is 0 Å². The van der Waals surface area contributed by atoms with Crippen LogP contribution < -0.4 is 5.32 Å². The Labute approximate surface area is 170 Å². The molecule has 0 spiro atoms. The lowest BCUT2D eigenvalue weighted by molar-refractivity contribution is 0.0515. The number of halogens is 2. The zero-order valence-corrected chi connectivity index (χ0v) is 17.3. The number of para-hydroxylation sites is 1. The van der Waals surface area contributed by atoms with Gasteiger partial charge in [0.05, 0.1) is 5.52 Å². The van der Waals surface area contributed by atoms with Crippen molar-refractivity contribution in [3.05, 3.63) is 59.0 Å². The lowest BCUT2D eigenvalue weighted by Crippen LogP contribution is -2.36. The van der Waals surface area contributed by atoms with E-state index in [0.29, 0.717) is 10.1 Å². The van der Waals surface area contributed by atoms with Gasteiger partial charge in [-0.2, -0.15) is 0 Å². The molecule has 0 aliphatic rings. The average Bonchev–Trinajstić information content (AvgIpc) is 2.91. The molecule has 0 aliphatic heterocycles. The van der Waals surface area contributed by atoms with Gasteiger partial charge in [0, 0.05) is 10.9 Å². The molecule has 7 heteroatoms. The number of benzene rings is 2. The molecule has 3 aromatic rings. The van der Waals surface area contributed by atoms with Crippen LogP contribution in [0, 0.1) is 5.82 Å². The Kier molecular flexibility index (Phi) is 5.56.